The quantitative estimate of drug-likeness (QED) is 0.526. The molecule has 0 aliphatic heterocycles. The van der Waals surface area contributed by atoms with Crippen molar-refractivity contribution in [1.82, 2.24) is 19.3 Å². The fraction of sp³-hybridized carbons (Fsp3) is 0.294. The van der Waals surface area contributed by atoms with E-state index in [0.717, 1.165) is 5.69 Å². The van der Waals surface area contributed by atoms with Gasteiger partial charge in [0.2, 0.25) is 5.56 Å². The number of aromatic nitrogens is 4. The van der Waals surface area contributed by atoms with Gasteiger partial charge in [-0.1, -0.05) is 6.07 Å². The van der Waals surface area contributed by atoms with Gasteiger partial charge in [-0.15, -0.1) is 0 Å². The van der Waals surface area contributed by atoms with E-state index < -0.39 is 5.97 Å². The average Bonchev–Trinajstić information content (AvgIpc) is 2.93. The van der Waals surface area contributed by atoms with Crippen molar-refractivity contribution in [1.29, 1.82) is 0 Å². The van der Waals surface area contributed by atoms with Crippen molar-refractivity contribution in [2.75, 3.05) is 6.61 Å². The molecular weight excluding hydrogens is 308 g/mol. The average molecular weight is 326 g/mol. The van der Waals surface area contributed by atoms with E-state index in [1.807, 2.05) is 6.92 Å². The number of aryl methyl sites for hydroxylation is 3. The standard InChI is InChI=1S/C17H18N4O3/c1-12-10-13(14-11-18-20(2)16(14)19-12)17(23)24-9-5-8-21-7-4-3-6-15(21)22/h3-4,6-7,10-11H,5,8-9H2,1-2H3. The predicted octanol–water partition coefficient (Wildman–Crippen LogP) is 1.69. The summed E-state index contributed by atoms with van der Waals surface area (Å²) >= 11 is 0. The monoisotopic (exact) mass is 326 g/mol. The van der Waals surface area contributed by atoms with Crippen LogP contribution in [0.3, 0.4) is 0 Å². The van der Waals surface area contributed by atoms with Gasteiger partial charge >= 0.3 is 5.97 Å². The van der Waals surface area contributed by atoms with Crippen LogP contribution >= 0.6 is 0 Å². The fourth-order valence-corrected chi connectivity index (χ4v) is 2.53. The van der Waals surface area contributed by atoms with Crippen LogP contribution in [0.25, 0.3) is 11.0 Å². The Hall–Kier alpha value is -2.96. The van der Waals surface area contributed by atoms with Crippen molar-refractivity contribution in [3.8, 4) is 0 Å². The molecule has 3 heterocycles. The van der Waals surface area contributed by atoms with Gasteiger partial charge in [0.15, 0.2) is 5.65 Å². The van der Waals surface area contributed by atoms with Crippen LogP contribution in [0.4, 0.5) is 0 Å². The van der Waals surface area contributed by atoms with Crippen LogP contribution in [0.15, 0.2) is 41.5 Å². The molecule has 0 unspecified atom stereocenters. The molecule has 124 valence electrons. The number of carbonyl (C=O) groups is 1. The number of hydrogen-bond donors (Lipinski definition) is 0. The molecule has 0 amide bonds. The Morgan fingerprint density at radius 1 is 1.33 bits per heavy atom. The third-order valence-electron chi connectivity index (χ3n) is 3.73. The number of fused-ring (bicyclic) bond motifs is 1. The molecule has 0 atom stereocenters. The van der Waals surface area contributed by atoms with Crippen LogP contribution in [0.2, 0.25) is 0 Å². The van der Waals surface area contributed by atoms with E-state index in [9.17, 15) is 9.59 Å². The van der Waals surface area contributed by atoms with Crippen molar-refractivity contribution in [3.05, 3.63) is 58.3 Å². The SMILES string of the molecule is Cc1cc(C(=O)OCCCn2ccccc2=O)c2cnn(C)c2n1. The number of esters is 1. The third-order valence-corrected chi connectivity index (χ3v) is 3.73. The Bertz CT molecular complexity index is 942. The lowest BCUT2D eigenvalue weighted by Gasteiger charge is -2.08. The molecule has 0 spiro atoms. The number of nitrogens with zero attached hydrogens (tertiary/aromatic N) is 4. The Labute approximate surface area is 138 Å². The lowest BCUT2D eigenvalue weighted by molar-refractivity contribution is 0.0498. The van der Waals surface area contributed by atoms with Crippen LogP contribution in [0, 0.1) is 6.92 Å². The highest BCUT2D eigenvalue weighted by atomic mass is 16.5. The predicted molar refractivity (Wildman–Crippen MR) is 88.8 cm³/mol. The zero-order valence-corrected chi connectivity index (χ0v) is 13.6. The molecule has 0 saturated heterocycles. The van der Waals surface area contributed by atoms with E-state index in [4.69, 9.17) is 4.74 Å². The van der Waals surface area contributed by atoms with Gasteiger partial charge in [-0.3, -0.25) is 9.48 Å². The van der Waals surface area contributed by atoms with Crippen molar-refractivity contribution in [3.63, 3.8) is 0 Å². The van der Waals surface area contributed by atoms with E-state index in [-0.39, 0.29) is 12.2 Å². The molecule has 7 heteroatoms. The summed E-state index contributed by atoms with van der Waals surface area (Å²) in [5, 5.41) is 4.81. The molecule has 0 aliphatic carbocycles. The molecule has 0 aliphatic rings. The highest BCUT2D eigenvalue weighted by molar-refractivity contribution is 6.02. The fourth-order valence-electron chi connectivity index (χ4n) is 2.53. The first-order chi connectivity index (χ1) is 11.6. The largest absolute Gasteiger partial charge is 0.462 e. The molecule has 24 heavy (non-hydrogen) atoms. The maximum absolute atomic E-state index is 12.3. The summed E-state index contributed by atoms with van der Waals surface area (Å²) < 4.78 is 8.56. The lowest BCUT2D eigenvalue weighted by Crippen LogP contribution is -2.19. The van der Waals surface area contributed by atoms with Crippen LogP contribution in [-0.2, 0) is 18.3 Å². The second-order valence-corrected chi connectivity index (χ2v) is 5.54. The molecule has 3 rings (SSSR count). The minimum Gasteiger partial charge on any atom is -0.462 e. The molecule has 0 aromatic carbocycles. The number of carbonyl (C=O) groups excluding carboxylic acids is 1. The summed E-state index contributed by atoms with van der Waals surface area (Å²) in [6, 6.07) is 6.70. The van der Waals surface area contributed by atoms with Crippen molar-refractivity contribution in [2.45, 2.75) is 19.9 Å². The number of ether oxygens (including phenoxy) is 1. The second-order valence-electron chi connectivity index (χ2n) is 5.54. The van der Waals surface area contributed by atoms with E-state index in [0.29, 0.717) is 29.6 Å². The zero-order valence-electron chi connectivity index (χ0n) is 13.6. The number of hydrogen-bond acceptors (Lipinski definition) is 5. The Kier molecular flexibility index (Phi) is 4.41. The van der Waals surface area contributed by atoms with Gasteiger partial charge in [0.1, 0.15) is 0 Å². The van der Waals surface area contributed by atoms with Crippen LogP contribution in [0.1, 0.15) is 22.5 Å². The molecule has 0 N–H and O–H groups in total. The summed E-state index contributed by atoms with van der Waals surface area (Å²) in [6.45, 7) is 2.57. The first-order valence-electron chi connectivity index (χ1n) is 7.68. The van der Waals surface area contributed by atoms with Gasteiger partial charge in [-0.2, -0.15) is 5.10 Å². The summed E-state index contributed by atoms with van der Waals surface area (Å²) in [5.74, 6) is -0.404. The molecular formula is C17H18N4O3. The lowest BCUT2D eigenvalue weighted by atomic mass is 10.1. The van der Waals surface area contributed by atoms with Gasteiger partial charge in [-0.05, 0) is 25.5 Å². The van der Waals surface area contributed by atoms with Crippen molar-refractivity contribution in [2.24, 2.45) is 7.05 Å². The maximum atomic E-state index is 12.3. The van der Waals surface area contributed by atoms with Crippen LogP contribution in [-0.4, -0.2) is 31.9 Å². The minimum absolute atomic E-state index is 0.0642. The third kappa shape index (κ3) is 3.19. The van der Waals surface area contributed by atoms with Gasteiger partial charge in [0.25, 0.3) is 0 Å². The van der Waals surface area contributed by atoms with Gasteiger partial charge in [0, 0.05) is 31.5 Å². The first-order valence-corrected chi connectivity index (χ1v) is 7.68. The molecule has 0 saturated carbocycles. The Balaban J connectivity index is 1.66. The molecule has 0 bridgehead atoms. The second kappa shape index (κ2) is 6.66. The number of rotatable bonds is 5. The normalized spacial score (nSPS) is 10.9. The molecule has 3 aromatic heterocycles. The first kappa shape index (κ1) is 15.9. The highest BCUT2D eigenvalue weighted by Crippen LogP contribution is 2.18. The summed E-state index contributed by atoms with van der Waals surface area (Å²) in [4.78, 5) is 28.3. The van der Waals surface area contributed by atoms with Crippen LogP contribution in [0.5, 0.6) is 0 Å². The topological polar surface area (TPSA) is 79.0 Å². The van der Waals surface area contributed by atoms with Crippen LogP contribution < -0.4 is 5.56 Å². The highest BCUT2D eigenvalue weighted by Gasteiger charge is 2.15. The molecule has 7 nitrogen and oxygen atoms in total. The van der Waals surface area contributed by atoms with Gasteiger partial charge in [-0.25, -0.2) is 9.78 Å². The van der Waals surface area contributed by atoms with Crippen molar-refractivity contribution >= 4 is 17.0 Å². The summed E-state index contributed by atoms with van der Waals surface area (Å²) in [6.07, 6.45) is 3.90. The summed E-state index contributed by atoms with van der Waals surface area (Å²) in [5.41, 5.74) is 1.78. The number of pyridine rings is 2. The van der Waals surface area contributed by atoms with Crippen molar-refractivity contribution < 1.29 is 9.53 Å². The molecule has 0 radical (unpaired) electrons. The maximum Gasteiger partial charge on any atom is 0.339 e. The zero-order chi connectivity index (χ0) is 17.1. The van der Waals surface area contributed by atoms with Gasteiger partial charge in [0.05, 0.1) is 23.8 Å². The summed E-state index contributed by atoms with van der Waals surface area (Å²) in [7, 11) is 1.78. The molecule has 3 aromatic rings. The van der Waals surface area contributed by atoms with Gasteiger partial charge < -0.3 is 9.30 Å². The van der Waals surface area contributed by atoms with E-state index >= 15 is 0 Å². The smallest absolute Gasteiger partial charge is 0.339 e. The Morgan fingerprint density at radius 3 is 2.96 bits per heavy atom. The minimum atomic E-state index is -0.404. The Morgan fingerprint density at radius 2 is 2.17 bits per heavy atom. The van der Waals surface area contributed by atoms with E-state index in [2.05, 4.69) is 10.1 Å². The molecule has 0 fully saturated rings. The van der Waals surface area contributed by atoms with E-state index in [1.165, 1.54) is 6.07 Å². The van der Waals surface area contributed by atoms with E-state index in [1.54, 1.807) is 46.9 Å².